The lowest BCUT2D eigenvalue weighted by Crippen LogP contribution is -2.40. The van der Waals surface area contributed by atoms with Gasteiger partial charge in [0.05, 0.1) is 12.0 Å². The molecule has 1 heterocycles. The molecule has 3 heteroatoms. The minimum atomic E-state index is -0.293. The van der Waals surface area contributed by atoms with Gasteiger partial charge < -0.3 is 5.32 Å². The number of nitrogens with one attached hydrogen (secondary N) is 1. The number of hydrogen-bond donors (Lipinski definition) is 1. The van der Waals surface area contributed by atoms with E-state index in [1.807, 2.05) is 6.92 Å². The van der Waals surface area contributed by atoms with Crippen molar-refractivity contribution in [1.29, 1.82) is 5.26 Å². The maximum absolute atomic E-state index is 12.2. The van der Waals surface area contributed by atoms with Crippen LogP contribution in [0.1, 0.15) is 33.6 Å². The molecule has 0 bridgehead atoms. The molecule has 0 fully saturated rings. The van der Waals surface area contributed by atoms with Crippen molar-refractivity contribution >= 4 is 5.78 Å². The number of hydrogen-bond acceptors (Lipinski definition) is 3. The number of carbonyl (C=O) groups is 1. The smallest absolute Gasteiger partial charge is 0.161 e. The van der Waals surface area contributed by atoms with E-state index in [4.69, 9.17) is 5.26 Å². The van der Waals surface area contributed by atoms with Gasteiger partial charge >= 0.3 is 0 Å². The summed E-state index contributed by atoms with van der Waals surface area (Å²) in [6.07, 6.45) is 1.43. The quantitative estimate of drug-likeness (QED) is 0.695. The van der Waals surface area contributed by atoms with Crippen molar-refractivity contribution in [2.75, 3.05) is 0 Å². The lowest BCUT2D eigenvalue weighted by atomic mass is 9.69. The topological polar surface area (TPSA) is 52.9 Å². The second kappa shape index (κ2) is 3.73. The van der Waals surface area contributed by atoms with Gasteiger partial charge in [0.2, 0.25) is 0 Å². The third-order valence-corrected chi connectivity index (χ3v) is 3.70. The number of Topliss-reactive ketones (excluding diaryl/α,β-unsaturated/α-hetero) is 1. The first-order valence-corrected chi connectivity index (χ1v) is 5.97. The molecule has 0 saturated heterocycles. The van der Waals surface area contributed by atoms with Crippen LogP contribution in [-0.2, 0) is 4.79 Å². The van der Waals surface area contributed by atoms with Crippen molar-refractivity contribution in [1.82, 2.24) is 5.32 Å². The van der Waals surface area contributed by atoms with Crippen LogP contribution in [0.2, 0.25) is 0 Å². The van der Waals surface area contributed by atoms with Gasteiger partial charge in [-0.2, -0.15) is 5.26 Å². The Bertz CT molecular complexity index is 465. The highest BCUT2D eigenvalue weighted by Crippen LogP contribution is 2.43. The monoisotopic (exact) mass is 230 g/mol. The molecule has 1 aliphatic carbocycles. The summed E-state index contributed by atoms with van der Waals surface area (Å²) in [5.41, 5.74) is 2.53. The number of allylic oxidation sites excluding steroid dienone is 3. The summed E-state index contributed by atoms with van der Waals surface area (Å²) in [4.78, 5) is 12.2. The van der Waals surface area contributed by atoms with Crippen molar-refractivity contribution in [3.8, 4) is 6.07 Å². The van der Waals surface area contributed by atoms with E-state index in [2.05, 4.69) is 31.8 Å². The second-order valence-corrected chi connectivity index (χ2v) is 5.88. The Hall–Kier alpha value is -1.56. The average molecular weight is 230 g/mol. The summed E-state index contributed by atoms with van der Waals surface area (Å²) in [5, 5.41) is 12.3. The minimum Gasteiger partial charge on any atom is -0.361 e. The zero-order valence-corrected chi connectivity index (χ0v) is 10.6. The van der Waals surface area contributed by atoms with Crippen LogP contribution in [0.4, 0.5) is 0 Å². The summed E-state index contributed by atoms with van der Waals surface area (Å²) in [5.74, 6) is -0.143. The first-order chi connectivity index (χ1) is 7.85. The van der Waals surface area contributed by atoms with Gasteiger partial charge in [0, 0.05) is 29.3 Å². The van der Waals surface area contributed by atoms with Gasteiger partial charge in [0.25, 0.3) is 0 Å². The first-order valence-electron chi connectivity index (χ1n) is 5.97. The van der Waals surface area contributed by atoms with Crippen molar-refractivity contribution < 1.29 is 4.79 Å². The van der Waals surface area contributed by atoms with Gasteiger partial charge in [0.1, 0.15) is 0 Å². The van der Waals surface area contributed by atoms with E-state index < -0.39 is 0 Å². The van der Waals surface area contributed by atoms with Gasteiger partial charge in [-0.1, -0.05) is 27.4 Å². The molecule has 0 saturated carbocycles. The minimum absolute atomic E-state index is 0.00238. The zero-order valence-electron chi connectivity index (χ0n) is 10.6. The average Bonchev–Trinajstić information content (AvgIpc) is 2.14. The molecule has 0 radical (unpaired) electrons. The maximum atomic E-state index is 12.2. The van der Waals surface area contributed by atoms with Gasteiger partial charge in [0.15, 0.2) is 5.78 Å². The van der Waals surface area contributed by atoms with Crippen LogP contribution in [0.3, 0.4) is 0 Å². The van der Waals surface area contributed by atoms with Crippen molar-refractivity contribution in [2.24, 2.45) is 17.3 Å². The number of ketones is 1. The fraction of sp³-hybridized carbons (Fsp3) is 0.571. The summed E-state index contributed by atoms with van der Waals surface area (Å²) in [7, 11) is 0. The van der Waals surface area contributed by atoms with Crippen LogP contribution in [0, 0.1) is 28.6 Å². The van der Waals surface area contributed by atoms with Crippen LogP contribution in [-0.4, -0.2) is 5.78 Å². The maximum Gasteiger partial charge on any atom is 0.161 e. The molecule has 0 aromatic carbocycles. The Morgan fingerprint density at radius 1 is 1.47 bits per heavy atom. The molecule has 2 unspecified atom stereocenters. The fourth-order valence-corrected chi connectivity index (χ4v) is 2.90. The number of rotatable bonds is 0. The van der Waals surface area contributed by atoms with Gasteiger partial charge in [-0.3, -0.25) is 4.79 Å². The Morgan fingerprint density at radius 2 is 2.12 bits per heavy atom. The van der Waals surface area contributed by atoms with E-state index in [1.54, 1.807) is 0 Å². The lowest BCUT2D eigenvalue weighted by Gasteiger charge is -2.39. The molecule has 3 nitrogen and oxygen atoms in total. The van der Waals surface area contributed by atoms with Crippen LogP contribution in [0.25, 0.3) is 0 Å². The third kappa shape index (κ3) is 1.88. The SMILES string of the molecule is C=C1NC2=C(C(=O)CC(C)(C)C2)C(C)C1C#N. The van der Waals surface area contributed by atoms with E-state index in [0.29, 0.717) is 6.42 Å². The molecule has 1 aliphatic heterocycles. The van der Waals surface area contributed by atoms with Gasteiger partial charge in [-0.25, -0.2) is 0 Å². The van der Waals surface area contributed by atoms with Gasteiger partial charge in [-0.05, 0) is 11.8 Å². The largest absolute Gasteiger partial charge is 0.361 e. The van der Waals surface area contributed by atoms with Crippen molar-refractivity contribution in [3.05, 3.63) is 23.5 Å². The standard InChI is InChI=1S/C14H18N2O/c1-8-10(7-15)9(2)16-11-5-14(3,4)6-12(17)13(8)11/h8,10,16H,2,5-6H2,1,3-4H3. The van der Waals surface area contributed by atoms with E-state index in [0.717, 1.165) is 23.4 Å². The van der Waals surface area contributed by atoms with E-state index >= 15 is 0 Å². The summed E-state index contributed by atoms with van der Waals surface area (Å²) in [6, 6.07) is 2.23. The molecule has 0 amide bonds. The third-order valence-electron chi connectivity index (χ3n) is 3.70. The highest BCUT2D eigenvalue weighted by atomic mass is 16.1. The van der Waals surface area contributed by atoms with E-state index in [-0.39, 0.29) is 23.0 Å². The predicted octanol–water partition coefficient (Wildman–Crippen LogP) is 2.52. The Kier molecular flexibility index (Phi) is 2.61. The summed E-state index contributed by atoms with van der Waals surface area (Å²) >= 11 is 0. The Labute approximate surface area is 102 Å². The molecule has 17 heavy (non-hydrogen) atoms. The zero-order chi connectivity index (χ0) is 12.8. The van der Waals surface area contributed by atoms with Crippen molar-refractivity contribution in [3.63, 3.8) is 0 Å². The molecular formula is C14H18N2O. The highest BCUT2D eigenvalue weighted by molar-refractivity contribution is 5.98. The van der Waals surface area contributed by atoms with Crippen LogP contribution >= 0.6 is 0 Å². The molecule has 2 aliphatic rings. The molecule has 2 atom stereocenters. The molecule has 1 N–H and O–H groups in total. The Balaban J connectivity index is 2.45. The number of nitrogens with zero attached hydrogens (tertiary/aromatic N) is 1. The first kappa shape index (κ1) is 11.9. The highest BCUT2D eigenvalue weighted by Gasteiger charge is 2.41. The Morgan fingerprint density at radius 3 is 2.71 bits per heavy atom. The summed E-state index contributed by atoms with van der Waals surface area (Å²) in [6.45, 7) is 10.0. The fourth-order valence-electron chi connectivity index (χ4n) is 2.90. The van der Waals surface area contributed by atoms with Crippen LogP contribution < -0.4 is 5.32 Å². The predicted molar refractivity (Wildman–Crippen MR) is 65.6 cm³/mol. The van der Waals surface area contributed by atoms with E-state index in [1.165, 1.54) is 0 Å². The second-order valence-electron chi connectivity index (χ2n) is 5.88. The molecule has 2 rings (SSSR count). The molecule has 0 spiro atoms. The lowest BCUT2D eigenvalue weighted by molar-refractivity contribution is -0.118. The van der Waals surface area contributed by atoms with Crippen LogP contribution in [0.5, 0.6) is 0 Å². The van der Waals surface area contributed by atoms with E-state index in [9.17, 15) is 4.79 Å². The van der Waals surface area contributed by atoms with Crippen molar-refractivity contribution in [2.45, 2.75) is 33.6 Å². The molecule has 90 valence electrons. The normalized spacial score (nSPS) is 31.6. The summed E-state index contributed by atoms with van der Waals surface area (Å²) < 4.78 is 0. The molecular weight excluding hydrogens is 212 g/mol. The number of carbonyl (C=O) groups excluding carboxylic acids is 1. The van der Waals surface area contributed by atoms with Gasteiger partial charge in [-0.15, -0.1) is 0 Å². The molecule has 0 aromatic heterocycles. The van der Waals surface area contributed by atoms with Crippen LogP contribution in [0.15, 0.2) is 23.5 Å². The molecule has 0 aromatic rings. The number of nitriles is 1.